The number of hydrogen-bond acceptors (Lipinski definition) is 4. The molecule has 0 radical (unpaired) electrons. The van der Waals surface area contributed by atoms with E-state index in [1.807, 2.05) is 0 Å². The molecule has 2 aromatic rings. The highest BCUT2D eigenvalue weighted by atomic mass is 16.5. The molecule has 2 aromatic heterocycles. The number of aryl methyl sites for hydroxylation is 2. The lowest BCUT2D eigenvalue weighted by atomic mass is 9.42. The molecule has 4 saturated carbocycles. The first kappa shape index (κ1) is 16.2. The lowest BCUT2D eigenvalue weighted by molar-refractivity contribution is -0.0495. The van der Waals surface area contributed by atoms with E-state index >= 15 is 0 Å². The van der Waals surface area contributed by atoms with E-state index < -0.39 is 0 Å². The molecule has 4 bridgehead atoms. The summed E-state index contributed by atoms with van der Waals surface area (Å²) in [5.74, 6) is 4.20. The van der Waals surface area contributed by atoms with Gasteiger partial charge in [0.05, 0.1) is 11.4 Å². The van der Waals surface area contributed by atoms with Gasteiger partial charge in [0.1, 0.15) is 11.5 Å². The van der Waals surface area contributed by atoms with Crippen molar-refractivity contribution in [3.63, 3.8) is 0 Å². The summed E-state index contributed by atoms with van der Waals surface area (Å²) in [6.45, 7) is 0. The zero-order valence-corrected chi connectivity index (χ0v) is 16.8. The Kier molecular flexibility index (Phi) is 3.20. The zero-order chi connectivity index (χ0) is 18.3. The second kappa shape index (κ2) is 5.52. The van der Waals surface area contributed by atoms with E-state index in [2.05, 4.69) is 10.3 Å². The molecule has 8 rings (SSSR count). The normalized spacial score (nSPS) is 38.4. The van der Waals surface area contributed by atoms with Gasteiger partial charge in [0.2, 0.25) is 0 Å². The summed E-state index contributed by atoms with van der Waals surface area (Å²) in [7, 11) is 0. The highest BCUT2D eigenvalue weighted by Gasteiger charge is 2.62. The first-order chi connectivity index (χ1) is 13.7. The summed E-state index contributed by atoms with van der Waals surface area (Å²) in [5, 5.41) is 9.12. The minimum absolute atomic E-state index is 0.205. The minimum atomic E-state index is 0.205. The average molecular weight is 379 g/mol. The van der Waals surface area contributed by atoms with Gasteiger partial charge >= 0.3 is 0 Å². The maximum Gasteiger partial charge on any atom is 0.146 e. The summed E-state index contributed by atoms with van der Waals surface area (Å²) in [6, 6.07) is 0. The standard InChI is InChI=1S/C24H30N2O2/c1-3-7-19-17(5-1)21(27-25-19)23-10-15-9-16(11-23)13-24(12-15,14-23)22-18-6-2-4-8-20(18)26-28-22/h15-16H,1-14H2. The van der Waals surface area contributed by atoms with Crippen LogP contribution >= 0.6 is 0 Å². The lowest BCUT2D eigenvalue weighted by Gasteiger charge is -2.60. The van der Waals surface area contributed by atoms with E-state index in [0.29, 0.717) is 0 Å². The largest absolute Gasteiger partial charge is 0.360 e. The van der Waals surface area contributed by atoms with Gasteiger partial charge in [0.15, 0.2) is 0 Å². The van der Waals surface area contributed by atoms with Gasteiger partial charge in [-0.3, -0.25) is 0 Å². The molecule has 0 aromatic carbocycles. The second-order valence-electron chi connectivity index (χ2n) is 10.8. The van der Waals surface area contributed by atoms with Crippen LogP contribution in [0.25, 0.3) is 0 Å². The monoisotopic (exact) mass is 378 g/mol. The summed E-state index contributed by atoms with van der Waals surface area (Å²) < 4.78 is 12.4. The predicted molar refractivity (Wildman–Crippen MR) is 104 cm³/mol. The Morgan fingerprint density at radius 1 is 0.643 bits per heavy atom. The Morgan fingerprint density at radius 2 is 1.11 bits per heavy atom. The van der Waals surface area contributed by atoms with Crippen LogP contribution < -0.4 is 0 Å². The maximum atomic E-state index is 6.18. The molecule has 0 saturated heterocycles. The summed E-state index contributed by atoms with van der Waals surface area (Å²) in [5.41, 5.74) is 5.92. The van der Waals surface area contributed by atoms with Crippen LogP contribution in [0.5, 0.6) is 0 Å². The fourth-order valence-electron chi connectivity index (χ4n) is 8.41. The van der Waals surface area contributed by atoms with Crippen molar-refractivity contribution in [3.8, 4) is 0 Å². The fraction of sp³-hybridized carbons (Fsp3) is 0.750. The van der Waals surface area contributed by atoms with Crippen LogP contribution in [0.1, 0.15) is 98.2 Å². The summed E-state index contributed by atoms with van der Waals surface area (Å²) in [4.78, 5) is 0. The maximum absolute atomic E-state index is 6.18. The van der Waals surface area contributed by atoms with E-state index in [1.165, 1.54) is 111 Å². The van der Waals surface area contributed by atoms with Crippen LogP contribution in [0.3, 0.4) is 0 Å². The summed E-state index contributed by atoms with van der Waals surface area (Å²) >= 11 is 0. The van der Waals surface area contributed by atoms with Gasteiger partial charge in [0.25, 0.3) is 0 Å². The molecule has 0 unspecified atom stereocenters. The highest BCUT2D eigenvalue weighted by Crippen LogP contribution is 2.67. The minimum Gasteiger partial charge on any atom is -0.360 e. The van der Waals surface area contributed by atoms with Gasteiger partial charge in [0, 0.05) is 22.0 Å². The van der Waals surface area contributed by atoms with Crippen molar-refractivity contribution in [1.29, 1.82) is 0 Å². The Morgan fingerprint density at radius 3 is 1.61 bits per heavy atom. The van der Waals surface area contributed by atoms with Gasteiger partial charge in [-0.15, -0.1) is 0 Å². The summed E-state index contributed by atoms with van der Waals surface area (Å²) in [6.07, 6.45) is 17.6. The van der Waals surface area contributed by atoms with Gasteiger partial charge in [-0.1, -0.05) is 10.3 Å². The second-order valence-corrected chi connectivity index (χ2v) is 10.8. The lowest BCUT2D eigenvalue weighted by Crippen LogP contribution is -2.56. The molecular formula is C24H30N2O2. The first-order valence-corrected chi connectivity index (χ1v) is 11.7. The van der Waals surface area contributed by atoms with Crippen LogP contribution in [0.4, 0.5) is 0 Å². The molecule has 0 N–H and O–H groups in total. The van der Waals surface area contributed by atoms with Crippen LogP contribution in [-0.2, 0) is 36.5 Å². The molecule has 4 nitrogen and oxygen atoms in total. The molecule has 4 fully saturated rings. The van der Waals surface area contributed by atoms with Crippen molar-refractivity contribution in [2.24, 2.45) is 11.8 Å². The molecule has 6 aliphatic carbocycles. The van der Waals surface area contributed by atoms with Gasteiger partial charge in [-0.05, 0) is 102 Å². The Hall–Kier alpha value is -1.58. The average Bonchev–Trinajstić information content (AvgIpc) is 3.32. The number of fused-ring (bicyclic) bond motifs is 2. The number of nitrogens with zero attached hydrogens (tertiary/aromatic N) is 2. The molecule has 0 amide bonds. The molecular weight excluding hydrogens is 348 g/mol. The van der Waals surface area contributed by atoms with Crippen molar-refractivity contribution in [3.05, 3.63) is 34.0 Å². The van der Waals surface area contributed by atoms with E-state index in [-0.39, 0.29) is 10.8 Å². The molecule has 148 valence electrons. The Bertz CT molecular complexity index is 852. The van der Waals surface area contributed by atoms with Crippen molar-refractivity contribution >= 4 is 0 Å². The van der Waals surface area contributed by atoms with Gasteiger partial charge in [-0.2, -0.15) is 0 Å². The van der Waals surface area contributed by atoms with E-state index in [4.69, 9.17) is 9.05 Å². The smallest absolute Gasteiger partial charge is 0.146 e. The Balaban J connectivity index is 1.35. The van der Waals surface area contributed by atoms with E-state index in [0.717, 1.165) is 24.7 Å². The third-order valence-corrected chi connectivity index (χ3v) is 8.94. The first-order valence-electron chi connectivity index (χ1n) is 11.7. The topological polar surface area (TPSA) is 52.1 Å². The van der Waals surface area contributed by atoms with E-state index in [1.54, 1.807) is 0 Å². The van der Waals surface area contributed by atoms with E-state index in [9.17, 15) is 0 Å². The Labute approximate surface area is 166 Å². The van der Waals surface area contributed by atoms with Crippen LogP contribution in [0.15, 0.2) is 9.05 Å². The molecule has 0 atom stereocenters. The van der Waals surface area contributed by atoms with Crippen LogP contribution in [0, 0.1) is 11.8 Å². The molecule has 4 heteroatoms. The number of hydrogen-bond donors (Lipinski definition) is 0. The molecule has 0 aliphatic heterocycles. The quantitative estimate of drug-likeness (QED) is 0.720. The fourth-order valence-corrected chi connectivity index (χ4v) is 8.41. The highest BCUT2D eigenvalue weighted by molar-refractivity contribution is 5.39. The van der Waals surface area contributed by atoms with Crippen molar-refractivity contribution < 1.29 is 9.05 Å². The number of aromatic nitrogens is 2. The number of rotatable bonds is 2. The molecule has 28 heavy (non-hydrogen) atoms. The van der Waals surface area contributed by atoms with Crippen LogP contribution in [-0.4, -0.2) is 10.3 Å². The zero-order valence-electron chi connectivity index (χ0n) is 16.8. The third-order valence-electron chi connectivity index (χ3n) is 8.94. The SMILES string of the molecule is C1CCc2c(noc2C23CC4CC(C2)CC(c2onc5c2CCCC5)(C4)C3)C1. The molecule has 2 heterocycles. The van der Waals surface area contributed by atoms with Crippen molar-refractivity contribution in [2.45, 2.75) is 101 Å². The third kappa shape index (κ3) is 2.07. The van der Waals surface area contributed by atoms with Crippen molar-refractivity contribution in [1.82, 2.24) is 10.3 Å². The molecule has 6 aliphatic rings. The predicted octanol–water partition coefficient (Wildman–Crippen LogP) is 5.21. The van der Waals surface area contributed by atoms with Crippen LogP contribution in [0.2, 0.25) is 0 Å². The van der Waals surface area contributed by atoms with Crippen molar-refractivity contribution in [2.75, 3.05) is 0 Å². The van der Waals surface area contributed by atoms with Gasteiger partial charge in [-0.25, -0.2) is 0 Å². The van der Waals surface area contributed by atoms with Gasteiger partial charge < -0.3 is 9.05 Å². The molecule has 0 spiro atoms.